The summed E-state index contributed by atoms with van der Waals surface area (Å²) in [6, 6.07) is 0. The largest absolute Gasteiger partial charge is 0.392 e. The van der Waals surface area contributed by atoms with Crippen LogP contribution in [0.15, 0.2) is 11.8 Å². The van der Waals surface area contributed by atoms with E-state index in [-0.39, 0.29) is 23.7 Å². The number of Topliss-reactive ketones (excluding diaryl/α,β-unsaturated/α-hetero) is 1. The Morgan fingerprint density at radius 3 is 2.45 bits per heavy atom. The van der Waals surface area contributed by atoms with Crippen molar-refractivity contribution in [1.82, 2.24) is 9.47 Å². The van der Waals surface area contributed by atoms with E-state index in [2.05, 4.69) is 0 Å². The Hall–Kier alpha value is -1.88. The second-order valence-electron chi connectivity index (χ2n) is 6.13. The van der Waals surface area contributed by atoms with Crippen LogP contribution in [-0.4, -0.2) is 38.2 Å². The predicted molar refractivity (Wildman–Crippen MR) is 73.6 cm³/mol. The van der Waals surface area contributed by atoms with Crippen LogP contribution in [0.4, 0.5) is 0 Å². The maximum atomic E-state index is 12.7. The van der Waals surface area contributed by atoms with Gasteiger partial charge in [-0.2, -0.15) is 0 Å². The molecule has 2 heterocycles. The number of aromatic nitrogens is 1. The summed E-state index contributed by atoms with van der Waals surface area (Å²) < 4.78 is 1.70. The lowest BCUT2D eigenvalue weighted by Crippen LogP contribution is -2.25. The molecule has 1 N–H and O–H groups in total. The van der Waals surface area contributed by atoms with Gasteiger partial charge >= 0.3 is 0 Å². The summed E-state index contributed by atoms with van der Waals surface area (Å²) in [4.78, 5) is 26.9. The van der Waals surface area contributed by atoms with Gasteiger partial charge in [0.2, 0.25) is 11.6 Å². The van der Waals surface area contributed by atoms with E-state index in [9.17, 15) is 14.7 Å². The zero-order valence-electron chi connectivity index (χ0n) is 12.1. The molecule has 106 valence electrons. The second kappa shape index (κ2) is 3.82. The highest BCUT2D eigenvalue weighted by Crippen LogP contribution is 2.40. The number of hydrogen-bond donors (Lipinski definition) is 1. The average Bonchev–Trinajstić information content (AvgIpc) is 2.92. The Balaban J connectivity index is 2.16. The first kappa shape index (κ1) is 13.1. The van der Waals surface area contributed by atoms with Crippen molar-refractivity contribution >= 4 is 11.6 Å². The molecule has 1 saturated heterocycles. The van der Waals surface area contributed by atoms with Gasteiger partial charge in [0.1, 0.15) is 5.69 Å². The van der Waals surface area contributed by atoms with Crippen LogP contribution in [0.3, 0.4) is 0 Å². The predicted octanol–water partition coefficient (Wildman–Crippen LogP) is 1.18. The molecule has 0 spiro atoms. The fraction of sp³-hybridized carbons (Fsp3) is 0.467. The van der Waals surface area contributed by atoms with E-state index in [4.69, 9.17) is 0 Å². The maximum Gasteiger partial charge on any atom is 0.211 e. The van der Waals surface area contributed by atoms with E-state index in [0.717, 1.165) is 12.2 Å². The fourth-order valence-corrected chi connectivity index (χ4v) is 2.94. The van der Waals surface area contributed by atoms with E-state index in [1.54, 1.807) is 11.6 Å². The Morgan fingerprint density at radius 1 is 1.35 bits per heavy atom. The number of aliphatic hydroxyl groups excluding tert-OH is 1. The molecule has 1 aliphatic carbocycles. The number of fused-ring (bicyclic) bond motifs is 1. The van der Waals surface area contributed by atoms with Crippen molar-refractivity contribution in [2.45, 2.75) is 32.9 Å². The topological polar surface area (TPSA) is 62.3 Å². The average molecular weight is 274 g/mol. The summed E-state index contributed by atoms with van der Waals surface area (Å²) in [7, 11) is 1.75. The van der Waals surface area contributed by atoms with E-state index in [1.165, 1.54) is 6.08 Å². The SMILES string of the molecule is Cc1c(CO)c2c(n1C)C(=O)C=C(N1CC1(C)C)C2=O. The van der Waals surface area contributed by atoms with Gasteiger partial charge in [-0.1, -0.05) is 0 Å². The van der Waals surface area contributed by atoms with Crippen molar-refractivity contribution in [3.63, 3.8) is 0 Å². The van der Waals surface area contributed by atoms with Crippen molar-refractivity contribution < 1.29 is 14.7 Å². The molecule has 0 aromatic carbocycles. The number of nitrogens with zero attached hydrogens (tertiary/aromatic N) is 2. The van der Waals surface area contributed by atoms with E-state index in [1.807, 2.05) is 25.7 Å². The smallest absolute Gasteiger partial charge is 0.211 e. The molecule has 5 heteroatoms. The zero-order chi connectivity index (χ0) is 14.8. The van der Waals surface area contributed by atoms with Crippen LogP contribution in [0.5, 0.6) is 0 Å². The summed E-state index contributed by atoms with van der Waals surface area (Å²) in [5.41, 5.74) is 2.47. The molecule has 1 aromatic rings. The molecule has 0 saturated carbocycles. The van der Waals surface area contributed by atoms with Crippen LogP contribution in [-0.2, 0) is 13.7 Å². The lowest BCUT2D eigenvalue weighted by molar-refractivity contribution is 0.0961. The van der Waals surface area contributed by atoms with E-state index in [0.29, 0.717) is 22.5 Å². The molecule has 0 amide bonds. The van der Waals surface area contributed by atoms with Crippen LogP contribution in [0.2, 0.25) is 0 Å². The Kier molecular flexibility index (Phi) is 2.51. The normalized spacial score (nSPS) is 20.1. The number of rotatable bonds is 2. The highest BCUT2D eigenvalue weighted by molar-refractivity contribution is 6.24. The van der Waals surface area contributed by atoms with Crippen LogP contribution >= 0.6 is 0 Å². The number of carbonyl (C=O) groups is 2. The summed E-state index contributed by atoms with van der Waals surface area (Å²) >= 11 is 0. The van der Waals surface area contributed by atoms with Gasteiger partial charge in [0.25, 0.3) is 0 Å². The summed E-state index contributed by atoms with van der Waals surface area (Å²) in [6.07, 6.45) is 1.43. The van der Waals surface area contributed by atoms with Gasteiger partial charge in [-0.25, -0.2) is 0 Å². The van der Waals surface area contributed by atoms with Crippen molar-refractivity contribution in [2.24, 2.45) is 7.05 Å². The van der Waals surface area contributed by atoms with Gasteiger partial charge in [-0.3, -0.25) is 9.59 Å². The molecule has 0 atom stereocenters. The minimum Gasteiger partial charge on any atom is -0.392 e. The number of carbonyl (C=O) groups excluding carboxylic acids is 2. The lowest BCUT2D eigenvalue weighted by atomic mass is 9.95. The van der Waals surface area contributed by atoms with Gasteiger partial charge in [0, 0.05) is 30.9 Å². The Bertz CT molecular complexity index is 680. The molecule has 0 unspecified atom stereocenters. The maximum absolute atomic E-state index is 12.7. The Labute approximate surface area is 117 Å². The first-order valence-electron chi connectivity index (χ1n) is 6.67. The molecule has 5 nitrogen and oxygen atoms in total. The highest BCUT2D eigenvalue weighted by Gasteiger charge is 2.48. The van der Waals surface area contributed by atoms with Crippen LogP contribution in [0.1, 0.15) is 46.0 Å². The standard InChI is InChI=1S/C15H18N2O3/c1-8-9(6-18)12-13(16(8)4)11(19)5-10(14(12)20)17-7-15(17,2)3/h5,18H,6-7H2,1-4H3. The summed E-state index contributed by atoms with van der Waals surface area (Å²) in [6.45, 7) is 6.41. The van der Waals surface area contributed by atoms with E-state index >= 15 is 0 Å². The van der Waals surface area contributed by atoms with Gasteiger partial charge < -0.3 is 14.6 Å². The van der Waals surface area contributed by atoms with Crippen LogP contribution in [0, 0.1) is 6.92 Å². The van der Waals surface area contributed by atoms with Crippen molar-refractivity contribution in [2.75, 3.05) is 6.54 Å². The first-order chi connectivity index (χ1) is 9.29. The first-order valence-corrected chi connectivity index (χ1v) is 6.67. The highest BCUT2D eigenvalue weighted by atomic mass is 16.3. The fourth-order valence-electron chi connectivity index (χ4n) is 2.94. The lowest BCUT2D eigenvalue weighted by Gasteiger charge is -2.17. The Morgan fingerprint density at radius 2 is 1.95 bits per heavy atom. The van der Waals surface area contributed by atoms with E-state index < -0.39 is 0 Å². The number of allylic oxidation sites excluding steroid dienone is 2. The molecule has 1 aliphatic heterocycles. The van der Waals surface area contributed by atoms with Gasteiger partial charge in [0.05, 0.1) is 23.4 Å². The van der Waals surface area contributed by atoms with Gasteiger partial charge in [-0.15, -0.1) is 0 Å². The number of hydrogen-bond acceptors (Lipinski definition) is 4. The minimum atomic E-state index is -0.231. The molecule has 2 aliphatic rings. The number of aliphatic hydroxyl groups is 1. The van der Waals surface area contributed by atoms with Crippen LogP contribution in [0.25, 0.3) is 0 Å². The molecular formula is C15H18N2O3. The molecular weight excluding hydrogens is 256 g/mol. The zero-order valence-corrected chi connectivity index (χ0v) is 12.1. The monoisotopic (exact) mass is 274 g/mol. The van der Waals surface area contributed by atoms with Crippen molar-refractivity contribution in [3.8, 4) is 0 Å². The molecule has 0 bridgehead atoms. The molecule has 20 heavy (non-hydrogen) atoms. The van der Waals surface area contributed by atoms with Crippen molar-refractivity contribution in [1.29, 1.82) is 0 Å². The quantitative estimate of drug-likeness (QED) is 0.823. The summed E-state index contributed by atoms with van der Waals surface area (Å²) in [5, 5.41) is 9.53. The molecule has 0 radical (unpaired) electrons. The molecule has 3 rings (SSSR count). The minimum absolute atomic E-state index is 0.0670. The summed E-state index contributed by atoms with van der Waals surface area (Å²) in [5.74, 6) is -0.319. The van der Waals surface area contributed by atoms with Gasteiger partial charge in [-0.05, 0) is 20.8 Å². The van der Waals surface area contributed by atoms with Gasteiger partial charge in [0.15, 0.2) is 0 Å². The second-order valence-corrected chi connectivity index (χ2v) is 6.13. The molecule has 1 aromatic heterocycles. The third-order valence-electron chi connectivity index (χ3n) is 4.40. The third kappa shape index (κ3) is 1.53. The molecule has 1 fully saturated rings. The van der Waals surface area contributed by atoms with Crippen molar-refractivity contribution in [3.05, 3.63) is 34.3 Å². The third-order valence-corrected chi connectivity index (χ3v) is 4.40. The number of ketones is 2. The van der Waals surface area contributed by atoms with Crippen LogP contribution < -0.4 is 0 Å².